The molecule has 6 nitrogen and oxygen atoms in total. The van der Waals surface area contributed by atoms with Crippen molar-refractivity contribution in [3.05, 3.63) is 102 Å². The average molecular weight is 422 g/mol. The molecular formula is C26H23N5O. The van der Waals surface area contributed by atoms with Crippen LogP contribution < -0.4 is 15.5 Å². The maximum absolute atomic E-state index is 13.0. The summed E-state index contributed by atoms with van der Waals surface area (Å²) in [6, 6.07) is 21.7. The molecule has 0 fully saturated rings. The van der Waals surface area contributed by atoms with E-state index in [0.717, 1.165) is 51.0 Å². The minimum atomic E-state index is 0.0248. The Balaban J connectivity index is 1.31. The van der Waals surface area contributed by atoms with Crippen molar-refractivity contribution < 1.29 is 4.79 Å². The van der Waals surface area contributed by atoms with Crippen molar-refractivity contribution >= 4 is 34.3 Å². The van der Waals surface area contributed by atoms with Gasteiger partial charge in [0.2, 0.25) is 0 Å². The number of aromatic nitrogens is 2. The first-order valence-corrected chi connectivity index (χ1v) is 10.5. The summed E-state index contributed by atoms with van der Waals surface area (Å²) in [7, 11) is 0. The van der Waals surface area contributed by atoms with Gasteiger partial charge in [0.15, 0.2) is 0 Å². The first-order valence-electron chi connectivity index (χ1n) is 10.5. The predicted molar refractivity (Wildman–Crippen MR) is 128 cm³/mol. The molecule has 5 rings (SSSR count). The molecule has 6 heteroatoms. The number of anilines is 5. The number of nitrogens with zero attached hydrogens (tertiary/aromatic N) is 3. The van der Waals surface area contributed by atoms with Crippen LogP contribution >= 0.6 is 0 Å². The topological polar surface area (TPSA) is 70.2 Å². The molecule has 0 unspecified atom stereocenters. The highest BCUT2D eigenvalue weighted by Gasteiger charge is 2.28. The fraction of sp³-hybridized carbons (Fsp3) is 0.115. The van der Waals surface area contributed by atoms with Gasteiger partial charge in [0, 0.05) is 57.8 Å². The van der Waals surface area contributed by atoms with Crippen molar-refractivity contribution in [3.8, 4) is 0 Å². The second-order valence-corrected chi connectivity index (χ2v) is 7.93. The summed E-state index contributed by atoms with van der Waals surface area (Å²) in [4.78, 5) is 23.3. The SMILES string of the molecule is Cc1cc(Nc2ccc(N3Cc4cc(Nc5ccnc(C)c5)ccc4C3=O)cc2)ccn1. The summed E-state index contributed by atoms with van der Waals surface area (Å²) in [5, 5.41) is 6.77. The maximum atomic E-state index is 13.0. The van der Waals surface area contributed by atoms with Crippen molar-refractivity contribution in [3.63, 3.8) is 0 Å². The minimum Gasteiger partial charge on any atom is -0.355 e. The fourth-order valence-corrected chi connectivity index (χ4v) is 3.91. The van der Waals surface area contributed by atoms with Crippen LogP contribution in [0.5, 0.6) is 0 Å². The molecule has 1 aliphatic heterocycles. The Labute approximate surface area is 187 Å². The molecule has 3 heterocycles. The smallest absolute Gasteiger partial charge is 0.258 e. The molecule has 1 amide bonds. The van der Waals surface area contributed by atoms with Crippen LogP contribution in [0.4, 0.5) is 28.4 Å². The van der Waals surface area contributed by atoms with Gasteiger partial charge >= 0.3 is 0 Å². The molecule has 0 saturated heterocycles. The van der Waals surface area contributed by atoms with Crippen LogP contribution in [-0.2, 0) is 6.54 Å². The highest BCUT2D eigenvalue weighted by atomic mass is 16.2. The van der Waals surface area contributed by atoms with Gasteiger partial charge in [0.25, 0.3) is 5.91 Å². The summed E-state index contributed by atoms with van der Waals surface area (Å²) in [6.45, 7) is 4.47. The molecule has 0 atom stereocenters. The van der Waals surface area contributed by atoms with Gasteiger partial charge in [-0.3, -0.25) is 14.8 Å². The van der Waals surface area contributed by atoms with Gasteiger partial charge in [-0.2, -0.15) is 0 Å². The Hall–Kier alpha value is -4.19. The number of pyridine rings is 2. The zero-order chi connectivity index (χ0) is 22.1. The van der Waals surface area contributed by atoms with Gasteiger partial charge in [-0.05, 0) is 86.1 Å². The monoisotopic (exact) mass is 421 g/mol. The third-order valence-corrected chi connectivity index (χ3v) is 5.46. The molecule has 4 aromatic rings. The Morgan fingerprint density at radius 3 is 1.91 bits per heavy atom. The molecule has 0 radical (unpaired) electrons. The van der Waals surface area contributed by atoms with Crippen LogP contribution in [-0.4, -0.2) is 15.9 Å². The number of benzene rings is 2. The fourth-order valence-electron chi connectivity index (χ4n) is 3.91. The van der Waals surface area contributed by atoms with E-state index in [2.05, 4.69) is 20.6 Å². The van der Waals surface area contributed by atoms with Crippen LogP contribution in [0, 0.1) is 13.8 Å². The second kappa shape index (κ2) is 8.15. The van der Waals surface area contributed by atoms with E-state index in [0.29, 0.717) is 6.54 Å². The number of aryl methyl sites for hydroxylation is 2. The molecule has 32 heavy (non-hydrogen) atoms. The number of rotatable bonds is 5. The Morgan fingerprint density at radius 1 is 0.719 bits per heavy atom. The number of carbonyl (C=O) groups is 1. The number of nitrogens with one attached hydrogen (secondary N) is 2. The van der Waals surface area contributed by atoms with Crippen LogP contribution in [0.15, 0.2) is 79.1 Å². The highest BCUT2D eigenvalue weighted by molar-refractivity contribution is 6.10. The Bertz CT molecular complexity index is 1300. The summed E-state index contributed by atoms with van der Waals surface area (Å²) in [5.41, 5.74) is 8.43. The lowest BCUT2D eigenvalue weighted by atomic mass is 10.1. The number of hydrogen-bond acceptors (Lipinski definition) is 5. The minimum absolute atomic E-state index is 0.0248. The lowest BCUT2D eigenvalue weighted by molar-refractivity contribution is 0.0996. The standard InChI is InChI=1S/C26H23N5O/c1-17-13-22(9-11-27-17)29-20-3-6-24(7-4-20)31-16-19-15-21(5-8-25(19)26(31)32)30-23-10-12-28-18(2)14-23/h3-15H,16H2,1-2H3,(H,27,29)(H,28,30). The lowest BCUT2D eigenvalue weighted by Crippen LogP contribution is -2.22. The van der Waals surface area contributed by atoms with Gasteiger partial charge in [0.05, 0.1) is 6.54 Å². The molecule has 2 aromatic carbocycles. The lowest BCUT2D eigenvalue weighted by Gasteiger charge is -2.16. The Morgan fingerprint density at radius 2 is 1.28 bits per heavy atom. The van der Waals surface area contributed by atoms with Crippen LogP contribution in [0.3, 0.4) is 0 Å². The molecule has 0 saturated carbocycles. The van der Waals surface area contributed by atoms with Crippen LogP contribution in [0.1, 0.15) is 27.3 Å². The quantitative estimate of drug-likeness (QED) is 0.430. The van der Waals surface area contributed by atoms with Crippen molar-refractivity contribution in [2.24, 2.45) is 0 Å². The summed E-state index contributed by atoms with van der Waals surface area (Å²) in [5.74, 6) is 0.0248. The average Bonchev–Trinajstić information content (AvgIpc) is 3.10. The van der Waals surface area contributed by atoms with Crippen molar-refractivity contribution in [1.29, 1.82) is 0 Å². The number of hydrogen-bond donors (Lipinski definition) is 2. The maximum Gasteiger partial charge on any atom is 0.258 e. The van der Waals surface area contributed by atoms with Gasteiger partial charge < -0.3 is 15.5 Å². The summed E-state index contributed by atoms with van der Waals surface area (Å²) >= 11 is 0. The van der Waals surface area contributed by atoms with Crippen molar-refractivity contribution in [1.82, 2.24) is 9.97 Å². The van der Waals surface area contributed by atoms with Crippen LogP contribution in [0.25, 0.3) is 0 Å². The van der Waals surface area contributed by atoms with Crippen molar-refractivity contribution in [2.45, 2.75) is 20.4 Å². The largest absolute Gasteiger partial charge is 0.355 e. The van der Waals surface area contributed by atoms with E-state index in [4.69, 9.17) is 0 Å². The predicted octanol–water partition coefficient (Wildman–Crippen LogP) is 5.74. The molecule has 158 valence electrons. The Kier molecular flexibility index (Phi) is 5.03. The van der Waals surface area contributed by atoms with E-state index in [-0.39, 0.29) is 5.91 Å². The third kappa shape index (κ3) is 4.03. The summed E-state index contributed by atoms with van der Waals surface area (Å²) in [6.07, 6.45) is 3.57. The van der Waals surface area contributed by atoms with E-state index >= 15 is 0 Å². The van der Waals surface area contributed by atoms with Gasteiger partial charge in [-0.25, -0.2) is 0 Å². The van der Waals surface area contributed by atoms with Crippen molar-refractivity contribution in [2.75, 3.05) is 15.5 Å². The molecule has 0 spiro atoms. The number of amides is 1. The molecular weight excluding hydrogens is 398 g/mol. The molecule has 1 aliphatic rings. The van der Waals surface area contributed by atoms with Crippen LogP contribution in [0.2, 0.25) is 0 Å². The van der Waals surface area contributed by atoms with Gasteiger partial charge in [-0.1, -0.05) is 0 Å². The van der Waals surface area contributed by atoms with E-state index in [1.54, 1.807) is 12.4 Å². The van der Waals surface area contributed by atoms with E-state index in [9.17, 15) is 4.79 Å². The first kappa shape index (κ1) is 19.8. The third-order valence-electron chi connectivity index (χ3n) is 5.46. The summed E-state index contributed by atoms with van der Waals surface area (Å²) < 4.78 is 0. The zero-order valence-corrected chi connectivity index (χ0v) is 18.0. The van der Waals surface area contributed by atoms with Gasteiger partial charge in [-0.15, -0.1) is 0 Å². The van der Waals surface area contributed by atoms with E-state index < -0.39 is 0 Å². The zero-order valence-electron chi connectivity index (χ0n) is 18.0. The molecule has 0 aliphatic carbocycles. The highest BCUT2D eigenvalue weighted by Crippen LogP contribution is 2.32. The van der Waals surface area contributed by atoms with E-state index in [1.807, 2.05) is 85.5 Å². The number of carbonyl (C=O) groups excluding carboxylic acids is 1. The normalized spacial score (nSPS) is 12.6. The number of fused-ring (bicyclic) bond motifs is 1. The first-order chi connectivity index (χ1) is 15.5. The molecule has 2 aromatic heterocycles. The molecule has 0 bridgehead atoms. The second-order valence-electron chi connectivity index (χ2n) is 7.93. The molecule has 2 N–H and O–H groups in total. The van der Waals surface area contributed by atoms with E-state index in [1.165, 1.54) is 0 Å². The van der Waals surface area contributed by atoms with Gasteiger partial charge in [0.1, 0.15) is 0 Å².